The first-order valence-corrected chi connectivity index (χ1v) is 14.0. The second-order valence-corrected chi connectivity index (χ2v) is 11.6. The van der Waals surface area contributed by atoms with Crippen LogP contribution in [0.15, 0.2) is 45.8 Å². The largest absolute Gasteiger partial charge is 0.495 e. The summed E-state index contributed by atoms with van der Waals surface area (Å²) in [5, 5.41) is 2.82. The molecule has 3 rings (SSSR count). The quantitative estimate of drug-likeness (QED) is 0.421. The molecule has 192 valence electrons. The number of benzene rings is 2. The van der Waals surface area contributed by atoms with E-state index in [1.807, 2.05) is 6.92 Å². The van der Waals surface area contributed by atoms with Crippen molar-refractivity contribution in [2.75, 3.05) is 43.4 Å². The number of likely N-dealkylation sites (tertiary alicyclic amines) is 1. The molecule has 1 heterocycles. The van der Waals surface area contributed by atoms with Crippen LogP contribution in [-0.2, 0) is 14.8 Å². The molecule has 2 aromatic rings. The number of methoxy groups -OCH3 is 1. The second-order valence-electron chi connectivity index (χ2n) is 9.05. The number of carbonyl (C=O) groups is 1. The lowest BCUT2D eigenvalue weighted by Crippen LogP contribution is -2.40. The number of hydrogen-bond acceptors (Lipinski definition) is 6. The van der Waals surface area contributed by atoms with Crippen LogP contribution in [0.25, 0.3) is 0 Å². The van der Waals surface area contributed by atoms with Gasteiger partial charge in [0.15, 0.2) is 0 Å². The van der Waals surface area contributed by atoms with Gasteiger partial charge in [-0.15, -0.1) is 0 Å². The highest BCUT2D eigenvalue weighted by Gasteiger charge is 2.23. The molecule has 35 heavy (non-hydrogen) atoms. The summed E-state index contributed by atoms with van der Waals surface area (Å²) in [5.41, 5.74) is 0.756. The fourth-order valence-electron chi connectivity index (χ4n) is 4.47. The maximum Gasteiger partial charge on any atom is 0.265 e. The highest BCUT2D eigenvalue weighted by Crippen LogP contribution is 2.32. The number of piperidine rings is 1. The highest BCUT2D eigenvalue weighted by molar-refractivity contribution is 9.10. The van der Waals surface area contributed by atoms with Crippen LogP contribution in [0.4, 0.5) is 11.4 Å². The Morgan fingerprint density at radius 2 is 1.74 bits per heavy atom. The Morgan fingerprint density at radius 1 is 1.09 bits per heavy atom. The molecule has 1 aliphatic heterocycles. The Labute approximate surface area is 216 Å². The zero-order valence-corrected chi connectivity index (χ0v) is 23.0. The van der Waals surface area contributed by atoms with Crippen molar-refractivity contribution in [3.63, 3.8) is 0 Å². The van der Waals surface area contributed by atoms with E-state index in [9.17, 15) is 13.2 Å². The van der Waals surface area contributed by atoms with Gasteiger partial charge in [-0.25, -0.2) is 8.42 Å². The lowest BCUT2D eigenvalue weighted by Gasteiger charge is -2.34. The predicted octanol–water partition coefficient (Wildman–Crippen LogP) is 4.96. The van der Waals surface area contributed by atoms with Crippen molar-refractivity contribution >= 4 is 43.2 Å². The normalized spacial score (nSPS) is 18.7. The van der Waals surface area contributed by atoms with Gasteiger partial charge in [0.2, 0.25) is 5.91 Å². The molecule has 0 bridgehead atoms. The van der Waals surface area contributed by atoms with Gasteiger partial charge in [-0.3, -0.25) is 9.52 Å². The number of nitrogens with zero attached hydrogens (tertiary/aromatic N) is 1. The fourth-order valence-corrected chi connectivity index (χ4v) is 6.21. The number of rotatable bonds is 10. The minimum Gasteiger partial charge on any atom is -0.495 e. The van der Waals surface area contributed by atoms with Crippen molar-refractivity contribution in [1.82, 2.24) is 4.90 Å². The first-order chi connectivity index (χ1) is 16.6. The molecule has 2 aromatic carbocycles. The number of ether oxygens (including phenoxy) is 2. The Kier molecular flexibility index (Phi) is 9.43. The summed E-state index contributed by atoms with van der Waals surface area (Å²) in [7, 11) is -2.59. The van der Waals surface area contributed by atoms with Crippen molar-refractivity contribution < 1.29 is 22.7 Å². The van der Waals surface area contributed by atoms with Gasteiger partial charge in [-0.1, -0.05) is 13.8 Å². The number of anilines is 2. The molecule has 0 aliphatic carbocycles. The number of hydrogen-bond donors (Lipinski definition) is 2. The maximum atomic E-state index is 13.2. The van der Waals surface area contributed by atoms with Crippen LogP contribution in [0.5, 0.6) is 11.5 Å². The van der Waals surface area contributed by atoms with E-state index >= 15 is 0 Å². The van der Waals surface area contributed by atoms with Gasteiger partial charge in [-0.05, 0) is 77.5 Å². The van der Waals surface area contributed by atoms with Gasteiger partial charge in [0.05, 0.1) is 23.9 Å². The molecule has 0 spiro atoms. The SMILES string of the molecule is CCOc1ccc(NS(=O)(=O)c2cc(NC(=O)CCN3C[C@@H](C)C[C@H](C)C3)ccc2OC)cc1Br. The maximum absolute atomic E-state index is 13.2. The Balaban J connectivity index is 1.70. The molecule has 1 fully saturated rings. The molecular weight excluding hydrogens is 534 g/mol. The molecule has 0 unspecified atom stereocenters. The third kappa shape index (κ3) is 7.59. The minimum absolute atomic E-state index is 0.0681. The topological polar surface area (TPSA) is 97.0 Å². The number of halogens is 1. The second kappa shape index (κ2) is 12.1. The predicted molar refractivity (Wildman–Crippen MR) is 142 cm³/mol. The average molecular weight is 569 g/mol. The van der Waals surface area contributed by atoms with Gasteiger partial charge in [-0.2, -0.15) is 0 Å². The zero-order valence-electron chi connectivity index (χ0n) is 20.6. The summed E-state index contributed by atoms with van der Waals surface area (Å²) in [4.78, 5) is 14.8. The molecule has 0 aromatic heterocycles. The van der Waals surface area contributed by atoms with Gasteiger partial charge in [0.25, 0.3) is 10.0 Å². The number of sulfonamides is 1. The summed E-state index contributed by atoms with van der Waals surface area (Å²) in [6, 6.07) is 9.51. The van der Waals surface area contributed by atoms with Crippen LogP contribution in [0, 0.1) is 11.8 Å². The molecule has 2 N–H and O–H groups in total. The average Bonchev–Trinajstić information content (AvgIpc) is 2.79. The van der Waals surface area contributed by atoms with Crippen LogP contribution >= 0.6 is 15.9 Å². The summed E-state index contributed by atoms with van der Waals surface area (Å²) in [5.74, 6) is 1.88. The fraction of sp³-hybridized carbons (Fsp3) is 0.480. The first kappa shape index (κ1) is 27.3. The number of carbonyl (C=O) groups excluding carboxylic acids is 1. The highest BCUT2D eigenvalue weighted by atomic mass is 79.9. The lowest BCUT2D eigenvalue weighted by atomic mass is 9.92. The number of nitrogens with one attached hydrogen (secondary N) is 2. The van der Waals surface area contributed by atoms with Crippen LogP contribution < -0.4 is 19.5 Å². The Morgan fingerprint density at radius 3 is 2.37 bits per heavy atom. The molecule has 8 nitrogen and oxygen atoms in total. The molecule has 1 amide bonds. The molecule has 1 saturated heterocycles. The lowest BCUT2D eigenvalue weighted by molar-refractivity contribution is -0.116. The third-order valence-electron chi connectivity index (χ3n) is 5.82. The van der Waals surface area contributed by atoms with E-state index in [1.54, 1.807) is 24.3 Å². The molecule has 10 heteroatoms. The summed E-state index contributed by atoms with van der Waals surface area (Å²) in [6.07, 6.45) is 1.56. The van der Waals surface area contributed by atoms with Crippen molar-refractivity contribution in [2.45, 2.75) is 38.5 Å². The molecular formula is C25H34BrN3O5S. The van der Waals surface area contributed by atoms with Crippen molar-refractivity contribution in [1.29, 1.82) is 0 Å². The van der Waals surface area contributed by atoms with Gasteiger partial charge in [0, 0.05) is 31.7 Å². The van der Waals surface area contributed by atoms with Gasteiger partial charge in [0.1, 0.15) is 16.4 Å². The summed E-state index contributed by atoms with van der Waals surface area (Å²) in [6.45, 7) is 9.51. The Bertz CT molecular complexity index is 1130. The zero-order chi connectivity index (χ0) is 25.6. The van der Waals surface area contributed by atoms with E-state index in [-0.39, 0.29) is 16.6 Å². The minimum atomic E-state index is -3.99. The van der Waals surface area contributed by atoms with E-state index in [4.69, 9.17) is 9.47 Å². The van der Waals surface area contributed by atoms with E-state index < -0.39 is 10.0 Å². The summed E-state index contributed by atoms with van der Waals surface area (Å²) >= 11 is 3.39. The third-order valence-corrected chi connectivity index (χ3v) is 7.84. The van der Waals surface area contributed by atoms with Gasteiger partial charge < -0.3 is 19.7 Å². The summed E-state index contributed by atoms with van der Waals surface area (Å²) < 4.78 is 40.3. The monoisotopic (exact) mass is 567 g/mol. The Hall–Kier alpha value is -2.30. The first-order valence-electron chi connectivity index (χ1n) is 11.8. The van der Waals surface area contributed by atoms with E-state index in [0.717, 1.165) is 13.1 Å². The van der Waals surface area contributed by atoms with Crippen molar-refractivity contribution in [2.24, 2.45) is 11.8 Å². The standard InChI is InChI=1S/C25H34BrN3O5S/c1-5-34-22-8-7-20(13-21(22)26)28-35(31,32)24-14-19(6-9-23(24)33-4)27-25(30)10-11-29-15-17(2)12-18(3)16-29/h6-9,13-14,17-18,28H,5,10-12,15-16H2,1-4H3,(H,27,30)/t17-,18-/m0/s1. The van der Waals surface area contributed by atoms with Crippen LogP contribution in [0.2, 0.25) is 0 Å². The molecule has 2 atom stereocenters. The van der Waals surface area contributed by atoms with E-state index in [0.29, 0.717) is 53.0 Å². The number of amides is 1. The van der Waals surface area contributed by atoms with Crippen molar-refractivity contribution in [3.8, 4) is 11.5 Å². The molecule has 0 radical (unpaired) electrons. The molecule has 0 saturated carbocycles. The van der Waals surface area contributed by atoms with Crippen molar-refractivity contribution in [3.05, 3.63) is 40.9 Å². The van der Waals surface area contributed by atoms with E-state index in [1.165, 1.54) is 25.7 Å². The molecule has 1 aliphatic rings. The van der Waals surface area contributed by atoms with E-state index in [2.05, 4.69) is 44.7 Å². The van der Waals surface area contributed by atoms with Crippen LogP contribution in [-0.4, -0.2) is 52.6 Å². The van der Waals surface area contributed by atoms with Crippen LogP contribution in [0.1, 0.15) is 33.6 Å². The van der Waals surface area contributed by atoms with Crippen LogP contribution in [0.3, 0.4) is 0 Å². The van der Waals surface area contributed by atoms with Gasteiger partial charge >= 0.3 is 0 Å². The smallest absolute Gasteiger partial charge is 0.265 e.